The number of piperidine rings is 1. The molecule has 8 rings (SSSR count). The number of aromatic hydroxyl groups is 1. The highest BCUT2D eigenvalue weighted by atomic mass is 19.1. The fourth-order valence-electron chi connectivity index (χ4n) is 7.42. The smallest absolute Gasteiger partial charge is 0.228 e. The lowest BCUT2D eigenvalue weighted by Crippen LogP contribution is -2.63. The second-order valence-electron chi connectivity index (χ2n) is 12.1. The normalized spacial score (nSPS) is 24.0. The van der Waals surface area contributed by atoms with Gasteiger partial charge in [-0.05, 0) is 66.8 Å². The Labute approximate surface area is 227 Å². The Morgan fingerprint density at radius 1 is 0.923 bits per heavy atom. The monoisotopic (exact) mass is 524 g/mol. The number of anilines is 2. The van der Waals surface area contributed by atoms with Gasteiger partial charge in [0.15, 0.2) is 5.82 Å². The molecule has 1 aromatic heterocycles. The van der Waals surface area contributed by atoms with Gasteiger partial charge in [-0.2, -0.15) is 4.98 Å². The number of hydrogen-bond acceptors (Lipinski definition) is 7. The molecule has 0 unspecified atom stereocenters. The number of nitrogens with zero attached hydrogens (tertiary/aromatic N) is 4. The third-order valence-electron chi connectivity index (χ3n) is 9.32. The molecule has 7 nitrogen and oxygen atoms in total. The lowest BCUT2D eigenvalue weighted by molar-refractivity contribution is 0.155. The topological polar surface area (TPSA) is 76.6 Å². The van der Waals surface area contributed by atoms with Crippen molar-refractivity contribution in [3.05, 3.63) is 54.3 Å². The highest BCUT2D eigenvalue weighted by molar-refractivity contribution is 6.01. The number of rotatable bonds is 3. The van der Waals surface area contributed by atoms with Crippen molar-refractivity contribution in [2.24, 2.45) is 5.41 Å². The first-order valence-electron chi connectivity index (χ1n) is 14.2. The van der Waals surface area contributed by atoms with Gasteiger partial charge in [-0.3, -0.25) is 0 Å². The number of nitrogens with one attached hydrogen (secondary N) is 2. The number of halogens is 1. The Morgan fingerprint density at radius 2 is 1.74 bits per heavy atom. The van der Waals surface area contributed by atoms with Gasteiger partial charge < -0.3 is 25.5 Å². The van der Waals surface area contributed by atoms with Crippen molar-refractivity contribution in [3.63, 3.8) is 0 Å². The third-order valence-corrected chi connectivity index (χ3v) is 9.32. The maximum atomic E-state index is 16.6. The molecule has 4 fully saturated rings. The van der Waals surface area contributed by atoms with Gasteiger partial charge in [0.05, 0.1) is 0 Å². The van der Waals surface area contributed by atoms with Crippen LogP contribution in [0.25, 0.3) is 32.8 Å². The quantitative estimate of drug-likeness (QED) is 0.366. The molecule has 4 saturated heterocycles. The maximum Gasteiger partial charge on any atom is 0.228 e. The van der Waals surface area contributed by atoms with E-state index in [1.807, 2.05) is 36.4 Å². The van der Waals surface area contributed by atoms with Crippen LogP contribution in [0.2, 0.25) is 0 Å². The van der Waals surface area contributed by atoms with Crippen molar-refractivity contribution in [1.29, 1.82) is 0 Å². The average Bonchev–Trinajstić information content (AvgIpc) is 3.28. The van der Waals surface area contributed by atoms with E-state index in [0.717, 1.165) is 61.2 Å². The standard InChI is InChI=1S/C31H33FN6O/c32-27-24(26-13-22(39)12-19-4-1-2-5-23(19)26)8-9-25-28(27)35-30(38-17-31(18-38)10-3-11-33-16-31)36-29(25)37-14-20-6-7-21(15-37)34-20/h1-2,4-5,8-9,12-13,20-21,33-34,39H,3,6-7,10-11,14-18H2/t20-,21+. The lowest BCUT2D eigenvalue weighted by atomic mass is 9.74. The van der Waals surface area contributed by atoms with E-state index in [1.54, 1.807) is 12.1 Å². The summed E-state index contributed by atoms with van der Waals surface area (Å²) in [5.41, 5.74) is 1.74. The number of benzene rings is 3. The Kier molecular flexibility index (Phi) is 5.26. The van der Waals surface area contributed by atoms with E-state index in [2.05, 4.69) is 20.4 Å². The zero-order chi connectivity index (χ0) is 26.1. The zero-order valence-corrected chi connectivity index (χ0v) is 22.0. The number of fused-ring (bicyclic) bond motifs is 4. The highest BCUT2D eigenvalue weighted by Crippen LogP contribution is 2.42. The molecular weight excluding hydrogens is 491 g/mol. The lowest BCUT2D eigenvalue weighted by Gasteiger charge is -2.52. The number of phenols is 1. The van der Waals surface area contributed by atoms with Crippen LogP contribution in [0.4, 0.5) is 16.2 Å². The van der Waals surface area contributed by atoms with Crippen LogP contribution in [0.3, 0.4) is 0 Å². The SMILES string of the molecule is Oc1cc(-c2ccc3c(N4C[C@H]5CC[C@@H](C4)N5)nc(N4CC5(CCCNC5)C4)nc3c2F)c2ccccc2c1. The van der Waals surface area contributed by atoms with Crippen molar-refractivity contribution in [2.75, 3.05) is 49.1 Å². The molecule has 0 radical (unpaired) electrons. The largest absolute Gasteiger partial charge is 0.508 e. The van der Waals surface area contributed by atoms with E-state index in [-0.39, 0.29) is 17.0 Å². The minimum absolute atomic E-state index is 0.121. The molecule has 4 aliphatic rings. The molecule has 39 heavy (non-hydrogen) atoms. The summed E-state index contributed by atoms with van der Waals surface area (Å²) in [5, 5.41) is 20.2. The third kappa shape index (κ3) is 3.84. The molecule has 3 aromatic carbocycles. The zero-order valence-electron chi connectivity index (χ0n) is 22.0. The molecular formula is C31H33FN6O. The molecule has 5 heterocycles. The number of hydrogen-bond donors (Lipinski definition) is 3. The van der Waals surface area contributed by atoms with Gasteiger partial charge >= 0.3 is 0 Å². The molecule has 4 aliphatic heterocycles. The number of piperazine rings is 1. The Morgan fingerprint density at radius 3 is 2.54 bits per heavy atom. The van der Waals surface area contributed by atoms with Gasteiger partial charge in [0.1, 0.15) is 17.1 Å². The summed E-state index contributed by atoms with van der Waals surface area (Å²) in [6.07, 6.45) is 4.74. The van der Waals surface area contributed by atoms with E-state index < -0.39 is 0 Å². The summed E-state index contributed by atoms with van der Waals surface area (Å²) in [6, 6.07) is 15.8. The van der Waals surface area contributed by atoms with E-state index in [0.29, 0.717) is 34.7 Å². The first-order chi connectivity index (χ1) is 19.1. The van der Waals surface area contributed by atoms with Gasteiger partial charge in [-0.1, -0.05) is 30.3 Å². The summed E-state index contributed by atoms with van der Waals surface area (Å²) < 4.78 is 16.6. The van der Waals surface area contributed by atoms with Crippen molar-refractivity contribution in [3.8, 4) is 16.9 Å². The van der Waals surface area contributed by atoms with Crippen LogP contribution >= 0.6 is 0 Å². The van der Waals surface area contributed by atoms with Crippen LogP contribution in [0.5, 0.6) is 5.75 Å². The van der Waals surface area contributed by atoms with Gasteiger partial charge in [0.2, 0.25) is 5.95 Å². The molecule has 2 bridgehead atoms. The maximum absolute atomic E-state index is 16.6. The average molecular weight is 525 g/mol. The second-order valence-corrected chi connectivity index (χ2v) is 12.1. The summed E-state index contributed by atoms with van der Waals surface area (Å²) in [7, 11) is 0. The Bertz CT molecular complexity index is 1580. The molecule has 0 aliphatic carbocycles. The highest BCUT2D eigenvalue weighted by Gasteiger charge is 2.45. The Hall–Kier alpha value is -3.49. The summed E-state index contributed by atoms with van der Waals surface area (Å²) >= 11 is 0. The van der Waals surface area contributed by atoms with Crippen LogP contribution in [0.15, 0.2) is 48.5 Å². The van der Waals surface area contributed by atoms with E-state index in [9.17, 15) is 5.11 Å². The molecule has 3 N–H and O–H groups in total. The van der Waals surface area contributed by atoms with Crippen LogP contribution in [0, 0.1) is 11.2 Å². The van der Waals surface area contributed by atoms with Crippen molar-refractivity contribution in [1.82, 2.24) is 20.6 Å². The van der Waals surface area contributed by atoms with Gasteiger partial charge in [0, 0.05) is 61.2 Å². The fourth-order valence-corrected chi connectivity index (χ4v) is 7.42. The van der Waals surface area contributed by atoms with Crippen molar-refractivity contribution >= 4 is 33.4 Å². The van der Waals surface area contributed by atoms with Gasteiger partial charge in [0.25, 0.3) is 0 Å². The van der Waals surface area contributed by atoms with Crippen LogP contribution in [0.1, 0.15) is 25.7 Å². The minimum atomic E-state index is -0.360. The summed E-state index contributed by atoms with van der Waals surface area (Å²) in [5.74, 6) is 1.22. The van der Waals surface area contributed by atoms with Crippen LogP contribution in [-0.4, -0.2) is 66.4 Å². The number of phenolic OH excluding ortho intramolecular Hbond substituents is 1. The van der Waals surface area contributed by atoms with Gasteiger partial charge in [-0.25, -0.2) is 9.37 Å². The van der Waals surface area contributed by atoms with Gasteiger partial charge in [-0.15, -0.1) is 0 Å². The van der Waals surface area contributed by atoms with Crippen molar-refractivity contribution < 1.29 is 9.50 Å². The summed E-state index contributed by atoms with van der Waals surface area (Å²) in [6.45, 7) is 5.65. The molecule has 4 aromatic rings. The minimum Gasteiger partial charge on any atom is -0.508 e. The predicted molar refractivity (Wildman–Crippen MR) is 153 cm³/mol. The van der Waals surface area contributed by atoms with E-state index >= 15 is 4.39 Å². The molecule has 200 valence electrons. The molecule has 8 heteroatoms. The fraction of sp³-hybridized carbons (Fsp3) is 0.419. The molecule has 1 spiro atoms. The van der Waals surface area contributed by atoms with Crippen LogP contribution in [-0.2, 0) is 0 Å². The molecule has 0 amide bonds. The first-order valence-corrected chi connectivity index (χ1v) is 14.2. The second kappa shape index (κ2) is 8.76. The first kappa shape index (κ1) is 23.4. The Balaban J connectivity index is 1.27. The number of aromatic nitrogens is 2. The van der Waals surface area contributed by atoms with E-state index in [1.165, 1.54) is 25.7 Å². The van der Waals surface area contributed by atoms with Crippen LogP contribution < -0.4 is 20.4 Å². The predicted octanol–water partition coefficient (Wildman–Crippen LogP) is 4.43. The molecule has 0 saturated carbocycles. The van der Waals surface area contributed by atoms with Crippen molar-refractivity contribution in [2.45, 2.75) is 37.8 Å². The van der Waals surface area contributed by atoms with E-state index in [4.69, 9.17) is 9.97 Å². The summed E-state index contributed by atoms with van der Waals surface area (Å²) in [4.78, 5) is 14.6. The molecule has 2 atom stereocenters.